The summed E-state index contributed by atoms with van der Waals surface area (Å²) in [6.45, 7) is 4.37. The highest BCUT2D eigenvalue weighted by molar-refractivity contribution is 5.96. The van der Waals surface area contributed by atoms with E-state index in [4.69, 9.17) is 9.26 Å². The Morgan fingerprint density at radius 2 is 2.08 bits per heavy atom. The number of carbonyl (C=O) groups is 1. The molecule has 2 heterocycles. The van der Waals surface area contributed by atoms with E-state index in [-0.39, 0.29) is 18.1 Å². The van der Waals surface area contributed by atoms with E-state index >= 15 is 0 Å². The third-order valence-electron chi connectivity index (χ3n) is 5.40. The summed E-state index contributed by atoms with van der Waals surface area (Å²) in [5.74, 6) is 1.23. The lowest BCUT2D eigenvalue weighted by Gasteiger charge is -2.48. The number of amides is 1. The monoisotopic (exact) mass is 326 g/mol. The summed E-state index contributed by atoms with van der Waals surface area (Å²) >= 11 is 0. The number of nitrogens with zero attached hydrogens (tertiary/aromatic N) is 1. The third kappa shape index (κ3) is 2.53. The zero-order valence-corrected chi connectivity index (χ0v) is 14.0. The maximum atomic E-state index is 12.7. The average molecular weight is 326 g/mol. The van der Waals surface area contributed by atoms with E-state index in [0.717, 1.165) is 19.4 Å². The molecule has 1 aliphatic heterocycles. The van der Waals surface area contributed by atoms with Gasteiger partial charge in [-0.25, -0.2) is 0 Å². The molecule has 1 N–H and O–H groups in total. The number of ether oxygens (including phenoxy) is 1. The van der Waals surface area contributed by atoms with E-state index in [9.17, 15) is 4.79 Å². The Morgan fingerprint density at radius 1 is 1.29 bits per heavy atom. The minimum atomic E-state index is -0.0836. The highest BCUT2D eigenvalue weighted by Crippen LogP contribution is 2.45. The smallest absolute Gasteiger partial charge is 0.257 e. The van der Waals surface area contributed by atoms with Crippen LogP contribution in [0.2, 0.25) is 0 Å². The number of aryl methyl sites for hydroxylation is 2. The predicted molar refractivity (Wildman–Crippen MR) is 88.7 cm³/mol. The Kier molecular flexibility index (Phi) is 3.88. The van der Waals surface area contributed by atoms with E-state index in [2.05, 4.69) is 34.7 Å². The van der Waals surface area contributed by atoms with Crippen LogP contribution in [0, 0.1) is 25.7 Å². The molecule has 1 aliphatic carbocycles. The van der Waals surface area contributed by atoms with Crippen molar-refractivity contribution in [1.29, 1.82) is 0 Å². The van der Waals surface area contributed by atoms with Gasteiger partial charge in [-0.05, 0) is 32.3 Å². The fourth-order valence-corrected chi connectivity index (χ4v) is 4.20. The van der Waals surface area contributed by atoms with Crippen LogP contribution in [0.15, 0.2) is 34.9 Å². The molecule has 0 spiro atoms. The number of hydrogen-bond donors (Lipinski definition) is 1. The Bertz CT molecular complexity index is 721. The molecule has 2 aromatic rings. The standard InChI is InChI=1S/C19H22N2O3/c1-11-16(12(2)24-21-11)19(22)20-17-14-8-9-23-18(14)15(17)10-13-6-4-3-5-7-13/h3-7,14-15,17-18H,8-10H2,1-2H3,(H,20,22)/t14-,15+,17-,18-/m1/s1. The van der Waals surface area contributed by atoms with Crippen molar-refractivity contribution in [1.82, 2.24) is 10.5 Å². The Morgan fingerprint density at radius 3 is 2.79 bits per heavy atom. The van der Waals surface area contributed by atoms with Crippen molar-refractivity contribution in [3.8, 4) is 0 Å². The van der Waals surface area contributed by atoms with Crippen LogP contribution in [-0.2, 0) is 11.2 Å². The molecule has 1 saturated carbocycles. The van der Waals surface area contributed by atoms with Gasteiger partial charge in [0.05, 0.1) is 11.8 Å². The first kappa shape index (κ1) is 15.4. The molecule has 1 saturated heterocycles. The van der Waals surface area contributed by atoms with E-state index < -0.39 is 0 Å². The van der Waals surface area contributed by atoms with Crippen LogP contribution in [0.3, 0.4) is 0 Å². The first-order valence-corrected chi connectivity index (χ1v) is 8.54. The third-order valence-corrected chi connectivity index (χ3v) is 5.40. The average Bonchev–Trinajstić information content (AvgIpc) is 3.15. The molecule has 1 aromatic carbocycles. The molecule has 4 rings (SSSR count). The van der Waals surface area contributed by atoms with Gasteiger partial charge in [-0.1, -0.05) is 35.5 Å². The summed E-state index contributed by atoms with van der Waals surface area (Å²) < 4.78 is 11.0. The maximum absolute atomic E-state index is 12.7. The van der Waals surface area contributed by atoms with E-state index in [1.807, 2.05) is 6.07 Å². The first-order valence-electron chi connectivity index (χ1n) is 8.54. The number of aromatic nitrogens is 1. The van der Waals surface area contributed by atoms with Crippen LogP contribution >= 0.6 is 0 Å². The second-order valence-corrected chi connectivity index (χ2v) is 6.84. The highest BCUT2D eigenvalue weighted by Gasteiger charge is 2.54. The summed E-state index contributed by atoms with van der Waals surface area (Å²) in [6.07, 6.45) is 2.21. The van der Waals surface area contributed by atoms with E-state index in [0.29, 0.717) is 28.9 Å². The zero-order valence-electron chi connectivity index (χ0n) is 14.0. The van der Waals surface area contributed by atoms with Crippen molar-refractivity contribution >= 4 is 5.91 Å². The summed E-state index contributed by atoms with van der Waals surface area (Å²) in [4.78, 5) is 12.7. The number of hydrogen-bond acceptors (Lipinski definition) is 4. The topological polar surface area (TPSA) is 64.4 Å². The minimum Gasteiger partial charge on any atom is -0.377 e. The van der Waals surface area contributed by atoms with Gasteiger partial charge in [0.1, 0.15) is 11.3 Å². The zero-order chi connectivity index (χ0) is 16.7. The molecule has 5 heteroatoms. The molecule has 4 atom stereocenters. The lowest BCUT2D eigenvalue weighted by atomic mass is 9.64. The molecule has 2 fully saturated rings. The van der Waals surface area contributed by atoms with Gasteiger partial charge in [0, 0.05) is 24.5 Å². The van der Waals surface area contributed by atoms with Crippen molar-refractivity contribution in [2.75, 3.05) is 6.61 Å². The lowest BCUT2D eigenvalue weighted by Crippen LogP contribution is -2.62. The number of rotatable bonds is 4. The van der Waals surface area contributed by atoms with Crippen LogP contribution in [0.4, 0.5) is 0 Å². The number of benzene rings is 1. The molecule has 0 bridgehead atoms. The normalized spacial score (nSPS) is 28.2. The fraction of sp³-hybridized carbons (Fsp3) is 0.474. The van der Waals surface area contributed by atoms with Crippen molar-refractivity contribution < 1.29 is 14.1 Å². The maximum Gasteiger partial charge on any atom is 0.257 e. The molecule has 1 aromatic heterocycles. The van der Waals surface area contributed by atoms with Gasteiger partial charge in [0.25, 0.3) is 5.91 Å². The summed E-state index contributed by atoms with van der Waals surface area (Å²) in [5, 5.41) is 7.10. The van der Waals surface area contributed by atoms with Crippen LogP contribution in [-0.4, -0.2) is 29.8 Å². The van der Waals surface area contributed by atoms with Gasteiger partial charge in [0.15, 0.2) is 0 Å². The molecular formula is C19H22N2O3. The van der Waals surface area contributed by atoms with Crippen LogP contribution in [0.5, 0.6) is 0 Å². The second-order valence-electron chi connectivity index (χ2n) is 6.84. The van der Waals surface area contributed by atoms with E-state index in [1.54, 1.807) is 13.8 Å². The van der Waals surface area contributed by atoms with E-state index in [1.165, 1.54) is 5.56 Å². The van der Waals surface area contributed by atoms with Crippen LogP contribution in [0.25, 0.3) is 0 Å². The molecule has 1 amide bonds. The predicted octanol–water partition coefficient (Wildman–Crippen LogP) is 2.67. The molecule has 126 valence electrons. The van der Waals surface area contributed by atoms with Gasteiger partial charge < -0.3 is 14.6 Å². The Hall–Kier alpha value is -2.14. The summed E-state index contributed by atoms with van der Waals surface area (Å²) in [7, 11) is 0. The quantitative estimate of drug-likeness (QED) is 0.938. The molecule has 0 unspecified atom stereocenters. The summed E-state index contributed by atoms with van der Waals surface area (Å²) in [5.41, 5.74) is 2.49. The lowest BCUT2D eigenvalue weighted by molar-refractivity contribution is -0.0528. The first-order chi connectivity index (χ1) is 11.6. The van der Waals surface area contributed by atoms with Crippen LogP contribution < -0.4 is 5.32 Å². The fourth-order valence-electron chi connectivity index (χ4n) is 4.20. The second kappa shape index (κ2) is 6.06. The van der Waals surface area contributed by atoms with Crippen LogP contribution in [0.1, 0.15) is 33.8 Å². The number of fused-ring (bicyclic) bond motifs is 1. The molecule has 2 aliphatic rings. The molecule has 0 radical (unpaired) electrons. The summed E-state index contributed by atoms with van der Waals surface area (Å²) in [6, 6.07) is 10.6. The number of nitrogens with one attached hydrogen (secondary N) is 1. The molecule has 24 heavy (non-hydrogen) atoms. The van der Waals surface area contributed by atoms with Gasteiger partial charge >= 0.3 is 0 Å². The van der Waals surface area contributed by atoms with Crippen molar-refractivity contribution in [2.24, 2.45) is 11.8 Å². The highest BCUT2D eigenvalue weighted by atomic mass is 16.5. The van der Waals surface area contributed by atoms with Gasteiger partial charge in [-0.3, -0.25) is 4.79 Å². The van der Waals surface area contributed by atoms with Gasteiger partial charge in [-0.2, -0.15) is 0 Å². The SMILES string of the molecule is Cc1noc(C)c1C(=O)N[C@@H]1[C@H]2CCO[C@H]2[C@H]1Cc1ccccc1. The van der Waals surface area contributed by atoms with Crippen molar-refractivity contribution in [3.05, 3.63) is 52.9 Å². The molecular weight excluding hydrogens is 304 g/mol. The molecule has 5 nitrogen and oxygen atoms in total. The van der Waals surface area contributed by atoms with Crippen molar-refractivity contribution in [3.63, 3.8) is 0 Å². The van der Waals surface area contributed by atoms with Gasteiger partial charge in [0.2, 0.25) is 0 Å². The van der Waals surface area contributed by atoms with Crippen molar-refractivity contribution in [2.45, 2.75) is 38.8 Å². The Balaban J connectivity index is 1.51. The number of carbonyl (C=O) groups excluding carboxylic acids is 1. The minimum absolute atomic E-state index is 0.0836. The largest absolute Gasteiger partial charge is 0.377 e. The van der Waals surface area contributed by atoms with Gasteiger partial charge in [-0.15, -0.1) is 0 Å². The Labute approximate surface area is 141 Å².